The zero-order valence-corrected chi connectivity index (χ0v) is 10.4. The minimum atomic E-state index is -0.224. The zero-order chi connectivity index (χ0) is 11.9. The van der Waals surface area contributed by atoms with Crippen LogP contribution in [0.1, 0.15) is 31.2 Å². The molecule has 2 aromatic rings. The summed E-state index contributed by atoms with van der Waals surface area (Å²) in [6.45, 7) is 0.651. The van der Waals surface area contributed by atoms with Gasteiger partial charge in [-0.2, -0.15) is 0 Å². The first-order valence-corrected chi connectivity index (χ1v) is 6.80. The molecule has 1 aromatic heterocycles. The van der Waals surface area contributed by atoms with E-state index < -0.39 is 0 Å². The number of benzene rings is 1. The van der Waals surface area contributed by atoms with Gasteiger partial charge < -0.3 is 10.2 Å². The molecule has 0 amide bonds. The minimum Gasteiger partial charge on any atom is -0.414 e. The molecular weight excluding hydrogens is 234 g/mol. The van der Waals surface area contributed by atoms with Gasteiger partial charge in [-0.3, -0.25) is 0 Å². The summed E-state index contributed by atoms with van der Waals surface area (Å²) in [5, 5.41) is 0. The summed E-state index contributed by atoms with van der Waals surface area (Å²) in [6, 6.07) is 5.92. The molecule has 90 valence electrons. The quantitative estimate of drug-likeness (QED) is 0.890. The second-order valence-electron chi connectivity index (χ2n) is 4.78. The molecule has 0 radical (unpaired) electrons. The summed E-state index contributed by atoms with van der Waals surface area (Å²) < 4.78 is 6.17. The summed E-state index contributed by atoms with van der Waals surface area (Å²) in [7, 11) is 0. The third-order valence-corrected chi connectivity index (χ3v) is 4.76. The van der Waals surface area contributed by atoms with E-state index in [0.29, 0.717) is 12.1 Å². The summed E-state index contributed by atoms with van der Waals surface area (Å²) in [5.41, 5.74) is 7.98. The van der Waals surface area contributed by atoms with E-state index in [-0.39, 0.29) is 10.4 Å². The zero-order valence-electron chi connectivity index (χ0n) is 9.57. The van der Waals surface area contributed by atoms with Crippen molar-refractivity contribution in [2.75, 3.05) is 6.54 Å². The van der Waals surface area contributed by atoms with Crippen molar-refractivity contribution in [3.63, 3.8) is 0 Å². The van der Waals surface area contributed by atoms with Crippen LogP contribution >= 0.6 is 11.3 Å². The summed E-state index contributed by atoms with van der Waals surface area (Å²) >= 11 is 1.20. The average molecular weight is 249 g/mol. The van der Waals surface area contributed by atoms with Crippen molar-refractivity contribution in [1.82, 2.24) is 0 Å². The highest BCUT2D eigenvalue weighted by atomic mass is 32.1. The van der Waals surface area contributed by atoms with Crippen molar-refractivity contribution in [2.24, 2.45) is 5.73 Å². The van der Waals surface area contributed by atoms with E-state index in [0.717, 1.165) is 17.5 Å². The van der Waals surface area contributed by atoms with Crippen LogP contribution in [0.3, 0.4) is 0 Å². The van der Waals surface area contributed by atoms with Crippen molar-refractivity contribution in [3.8, 4) is 0 Å². The van der Waals surface area contributed by atoms with E-state index in [1.54, 1.807) is 0 Å². The van der Waals surface area contributed by atoms with Gasteiger partial charge in [0.2, 0.25) is 0 Å². The molecule has 4 heteroatoms. The molecule has 0 saturated heterocycles. The third-order valence-electron chi connectivity index (χ3n) is 3.88. The van der Waals surface area contributed by atoms with Gasteiger partial charge in [0.25, 0.3) is 0 Å². The Balaban J connectivity index is 2.25. The number of rotatable bonds is 2. The number of nitrogens with two attached hydrogens (primary N) is 1. The Morgan fingerprint density at radius 2 is 2.12 bits per heavy atom. The standard InChI is InChI=1S/C13H15NO2S/c14-8-13(6-1-2-7-13)9-4-3-5-10-11(9)17-12(15)16-10/h3-5H,1-2,6-8,14H2. The summed E-state index contributed by atoms with van der Waals surface area (Å²) in [4.78, 5) is 11.1. The molecule has 0 unspecified atom stereocenters. The number of hydrogen-bond donors (Lipinski definition) is 1. The third kappa shape index (κ3) is 1.63. The van der Waals surface area contributed by atoms with Gasteiger partial charge in [0, 0.05) is 12.0 Å². The van der Waals surface area contributed by atoms with Gasteiger partial charge in [-0.25, -0.2) is 4.79 Å². The highest BCUT2D eigenvalue weighted by Crippen LogP contribution is 2.43. The van der Waals surface area contributed by atoms with Crippen LogP contribution in [0.2, 0.25) is 0 Å². The van der Waals surface area contributed by atoms with Crippen molar-refractivity contribution in [1.29, 1.82) is 0 Å². The second-order valence-corrected chi connectivity index (χ2v) is 5.72. The summed E-state index contributed by atoms with van der Waals surface area (Å²) in [6.07, 6.45) is 4.68. The Morgan fingerprint density at radius 3 is 2.82 bits per heavy atom. The lowest BCUT2D eigenvalue weighted by Gasteiger charge is -2.27. The maximum absolute atomic E-state index is 11.4. The first kappa shape index (κ1) is 11.0. The molecule has 1 aromatic carbocycles. The second kappa shape index (κ2) is 3.96. The topological polar surface area (TPSA) is 56.2 Å². The fourth-order valence-electron chi connectivity index (χ4n) is 2.95. The maximum atomic E-state index is 11.4. The Labute approximate surface area is 103 Å². The van der Waals surface area contributed by atoms with Gasteiger partial charge in [-0.05, 0) is 24.5 Å². The SMILES string of the molecule is NCC1(c2cccc3oc(=O)sc23)CCCC1. The normalized spacial score (nSPS) is 18.9. The van der Waals surface area contributed by atoms with Crippen molar-refractivity contribution in [2.45, 2.75) is 31.1 Å². The van der Waals surface area contributed by atoms with Gasteiger partial charge in [0.15, 0.2) is 0 Å². The predicted molar refractivity (Wildman–Crippen MR) is 69.6 cm³/mol. The molecule has 17 heavy (non-hydrogen) atoms. The molecule has 0 aliphatic heterocycles. The Kier molecular flexibility index (Phi) is 2.56. The van der Waals surface area contributed by atoms with E-state index in [1.165, 1.54) is 29.7 Å². The van der Waals surface area contributed by atoms with Crippen LogP contribution in [0.15, 0.2) is 27.4 Å². The summed E-state index contributed by atoms with van der Waals surface area (Å²) in [5.74, 6) is 0. The minimum absolute atomic E-state index is 0.0618. The molecule has 1 heterocycles. The number of fused-ring (bicyclic) bond motifs is 1. The lowest BCUT2D eigenvalue weighted by molar-refractivity contribution is 0.457. The van der Waals surface area contributed by atoms with Crippen LogP contribution in [-0.2, 0) is 5.41 Å². The van der Waals surface area contributed by atoms with E-state index in [4.69, 9.17) is 10.2 Å². The Bertz CT molecular complexity index is 593. The van der Waals surface area contributed by atoms with E-state index in [9.17, 15) is 4.79 Å². The van der Waals surface area contributed by atoms with Gasteiger partial charge in [-0.1, -0.05) is 36.3 Å². The van der Waals surface area contributed by atoms with Crippen LogP contribution < -0.4 is 10.7 Å². The van der Waals surface area contributed by atoms with Gasteiger partial charge in [0.05, 0.1) is 4.70 Å². The van der Waals surface area contributed by atoms with E-state index >= 15 is 0 Å². The van der Waals surface area contributed by atoms with Crippen LogP contribution in [-0.4, -0.2) is 6.54 Å². The predicted octanol–water partition coefficient (Wildman–Crippen LogP) is 2.63. The van der Waals surface area contributed by atoms with Crippen molar-refractivity contribution in [3.05, 3.63) is 33.5 Å². The molecule has 1 aliphatic carbocycles. The first-order chi connectivity index (χ1) is 8.25. The molecule has 3 rings (SSSR count). The van der Waals surface area contributed by atoms with E-state index in [1.807, 2.05) is 12.1 Å². The molecule has 3 nitrogen and oxygen atoms in total. The smallest absolute Gasteiger partial charge is 0.396 e. The van der Waals surface area contributed by atoms with Crippen molar-refractivity contribution < 1.29 is 4.42 Å². The molecule has 0 atom stereocenters. The van der Waals surface area contributed by atoms with Crippen LogP contribution in [0.4, 0.5) is 0 Å². The van der Waals surface area contributed by atoms with Crippen molar-refractivity contribution >= 4 is 21.6 Å². The Morgan fingerprint density at radius 1 is 1.35 bits per heavy atom. The fourth-order valence-corrected chi connectivity index (χ4v) is 3.85. The molecule has 2 N–H and O–H groups in total. The van der Waals surface area contributed by atoms with Gasteiger partial charge in [-0.15, -0.1) is 0 Å². The van der Waals surface area contributed by atoms with Gasteiger partial charge in [0.1, 0.15) is 5.58 Å². The first-order valence-electron chi connectivity index (χ1n) is 5.98. The monoisotopic (exact) mass is 249 g/mol. The number of hydrogen-bond acceptors (Lipinski definition) is 4. The molecular formula is C13H15NO2S. The van der Waals surface area contributed by atoms with E-state index in [2.05, 4.69) is 6.07 Å². The molecule has 1 fully saturated rings. The van der Waals surface area contributed by atoms with Crippen LogP contribution in [0, 0.1) is 0 Å². The average Bonchev–Trinajstić information content (AvgIpc) is 2.93. The fraction of sp³-hybridized carbons (Fsp3) is 0.462. The van der Waals surface area contributed by atoms with Crippen LogP contribution in [0.25, 0.3) is 10.3 Å². The molecule has 0 spiro atoms. The maximum Gasteiger partial charge on any atom is 0.396 e. The lowest BCUT2D eigenvalue weighted by Crippen LogP contribution is -2.32. The Hall–Kier alpha value is -1.13. The largest absolute Gasteiger partial charge is 0.414 e. The molecule has 0 bridgehead atoms. The highest BCUT2D eigenvalue weighted by Gasteiger charge is 2.36. The van der Waals surface area contributed by atoms with Gasteiger partial charge >= 0.3 is 4.94 Å². The molecule has 1 saturated carbocycles. The van der Waals surface area contributed by atoms with Crippen LogP contribution in [0.5, 0.6) is 0 Å². The highest BCUT2D eigenvalue weighted by molar-refractivity contribution is 7.16. The lowest BCUT2D eigenvalue weighted by atomic mass is 9.79. The molecule has 1 aliphatic rings.